The quantitative estimate of drug-likeness (QED) is 0.828. The van der Waals surface area contributed by atoms with Crippen LogP contribution >= 0.6 is 0 Å². The summed E-state index contributed by atoms with van der Waals surface area (Å²) in [5.74, 6) is -4.06. The molecule has 2 N–H and O–H groups in total. The Morgan fingerprint density at radius 3 is 2.61 bits per heavy atom. The fourth-order valence-corrected chi connectivity index (χ4v) is 2.33. The van der Waals surface area contributed by atoms with Crippen LogP contribution in [0.4, 0.5) is 14.5 Å². The zero-order valence-corrected chi connectivity index (χ0v) is 10.0. The first-order valence-corrected chi connectivity index (χ1v) is 6.63. The molecule has 0 fully saturated rings. The van der Waals surface area contributed by atoms with Gasteiger partial charge in [-0.3, -0.25) is 9.52 Å². The van der Waals surface area contributed by atoms with E-state index in [1.165, 1.54) is 0 Å². The van der Waals surface area contributed by atoms with Crippen molar-refractivity contribution >= 4 is 21.7 Å². The number of carboxylic acid groups (broad SMARTS) is 1. The fraction of sp³-hybridized carbons (Fsp3) is 0.300. The molecule has 0 unspecified atom stereocenters. The molecule has 0 atom stereocenters. The molecule has 0 heterocycles. The van der Waals surface area contributed by atoms with Gasteiger partial charge in [-0.25, -0.2) is 17.2 Å². The highest BCUT2D eigenvalue weighted by atomic mass is 32.2. The molecule has 5 nitrogen and oxygen atoms in total. The van der Waals surface area contributed by atoms with Gasteiger partial charge in [-0.15, -0.1) is 0 Å². The summed E-state index contributed by atoms with van der Waals surface area (Å²) in [7, 11) is -3.89. The lowest BCUT2D eigenvalue weighted by Gasteiger charge is -2.08. The number of benzene rings is 1. The highest BCUT2D eigenvalue weighted by Crippen LogP contribution is 2.18. The van der Waals surface area contributed by atoms with E-state index < -0.39 is 39.1 Å². The second-order valence-corrected chi connectivity index (χ2v) is 5.36. The number of hydrogen-bond acceptors (Lipinski definition) is 3. The summed E-state index contributed by atoms with van der Waals surface area (Å²) < 4.78 is 50.8. The highest BCUT2D eigenvalue weighted by molar-refractivity contribution is 7.92. The number of carbonyl (C=O) groups is 1. The molecule has 0 aliphatic rings. The van der Waals surface area contributed by atoms with Gasteiger partial charge in [0.1, 0.15) is 0 Å². The molecule has 0 amide bonds. The van der Waals surface area contributed by atoms with E-state index >= 15 is 0 Å². The second-order valence-electron chi connectivity index (χ2n) is 3.52. The van der Waals surface area contributed by atoms with Crippen molar-refractivity contribution in [3.8, 4) is 0 Å². The van der Waals surface area contributed by atoms with Gasteiger partial charge < -0.3 is 5.11 Å². The van der Waals surface area contributed by atoms with Gasteiger partial charge in [0, 0.05) is 6.42 Å². The smallest absolute Gasteiger partial charge is 0.303 e. The summed E-state index contributed by atoms with van der Waals surface area (Å²) >= 11 is 0. The summed E-state index contributed by atoms with van der Waals surface area (Å²) in [6.07, 6.45) is -0.422. The normalized spacial score (nSPS) is 11.2. The third kappa shape index (κ3) is 4.28. The van der Waals surface area contributed by atoms with Crippen LogP contribution in [0.3, 0.4) is 0 Å². The molecule has 1 aromatic carbocycles. The zero-order valence-electron chi connectivity index (χ0n) is 9.19. The highest BCUT2D eigenvalue weighted by Gasteiger charge is 2.15. The number of nitrogens with one attached hydrogen (secondary N) is 1. The largest absolute Gasteiger partial charge is 0.481 e. The average Bonchev–Trinajstić information content (AvgIpc) is 2.23. The lowest BCUT2D eigenvalue weighted by Crippen LogP contribution is -2.18. The minimum atomic E-state index is -3.89. The Kier molecular flexibility index (Phi) is 4.60. The van der Waals surface area contributed by atoms with Crippen molar-refractivity contribution in [1.82, 2.24) is 0 Å². The summed E-state index contributed by atoms with van der Waals surface area (Å²) in [6.45, 7) is 0. The van der Waals surface area contributed by atoms with E-state index in [0.717, 1.165) is 18.2 Å². The average molecular weight is 279 g/mol. The van der Waals surface area contributed by atoms with E-state index in [9.17, 15) is 22.0 Å². The first kappa shape index (κ1) is 14.4. The van der Waals surface area contributed by atoms with E-state index in [1.807, 2.05) is 4.72 Å². The van der Waals surface area contributed by atoms with E-state index in [1.54, 1.807) is 0 Å². The Hall–Kier alpha value is -1.70. The van der Waals surface area contributed by atoms with Gasteiger partial charge in [-0.05, 0) is 18.6 Å². The Balaban J connectivity index is 2.71. The topological polar surface area (TPSA) is 83.5 Å². The van der Waals surface area contributed by atoms with E-state index in [-0.39, 0.29) is 12.8 Å². The molecule has 0 spiro atoms. The van der Waals surface area contributed by atoms with Crippen LogP contribution in [0.2, 0.25) is 0 Å². The third-order valence-electron chi connectivity index (χ3n) is 2.02. The maximum Gasteiger partial charge on any atom is 0.303 e. The van der Waals surface area contributed by atoms with Crippen molar-refractivity contribution in [3.63, 3.8) is 0 Å². The fourth-order valence-electron chi connectivity index (χ4n) is 1.21. The molecule has 0 saturated carbocycles. The van der Waals surface area contributed by atoms with Crippen LogP contribution in [0.1, 0.15) is 12.8 Å². The van der Waals surface area contributed by atoms with Gasteiger partial charge in [0.05, 0.1) is 11.4 Å². The molecule has 0 aliphatic heterocycles. The Morgan fingerprint density at radius 1 is 1.33 bits per heavy atom. The predicted octanol–water partition coefficient (Wildman–Crippen LogP) is 1.57. The minimum Gasteiger partial charge on any atom is -0.481 e. The Bertz CT molecular complexity index is 545. The van der Waals surface area contributed by atoms with Crippen LogP contribution in [-0.2, 0) is 14.8 Å². The van der Waals surface area contributed by atoms with E-state index in [4.69, 9.17) is 5.11 Å². The van der Waals surface area contributed by atoms with Gasteiger partial charge in [-0.1, -0.05) is 6.07 Å². The summed E-state index contributed by atoms with van der Waals surface area (Å²) in [4.78, 5) is 10.2. The number of halogens is 2. The standard InChI is InChI=1S/C10H11F2NO4S/c11-7-3-1-4-8(10(7)12)13-18(16,17)6-2-5-9(14)15/h1,3-4,13H,2,5-6H2,(H,14,15). The Labute approximate surface area is 102 Å². The maximum absolute atomic E-state index is 13.2. The van der Waals surface area contributed by atoms with Crippen LogP contribution in [0.15, 0.2) is 18.2 Å². The predicted molar refractivity (Wildman–Crippen MR) is 60.6 cm³/mol. The Morgan fingerprint density at radius 2 is 2.00 bits per heavy atom. The number of carboxylic acids is 1. The van der Waals surface area contributed by atoms with E-state index in [0.29, 0.717) is 0 Å². The SMILES string of the molecule is O=C(O)CCCS(=O)(=O)Nc1cccc(F)c1F. The number of sulfonamides is 1. The van der Waals surface area contributed by atoms with Gasteiger partial charge >= 0.3 is 5.97 Å². The number of rotatable bonds is 6. The summed E-state index contributed by atoms with van der Waals surface area (Å²) in [5.41, 5.74) is -0.495. The molecule has 0 aromatic heterocycles. The molecule has 1 rings (SSSR count). The number of anilines is 1. The lowest BCUT2D eigenvalue weighted by atomic mass is 10.3. The lowest BCUT2D eigenvalue weighted by molar-refractivity contribution is -0.137. The molecule has 0 bridgehead atoms. The monoisotopic (exact) mass is 279 g/mol. The van der Waals surface area contributed by atoms with Gasteiger partial charge in [-0.2, -0.15) is 0 Å². The zero-order chi connectivity index (χ0) is 13.8. The second kappa shape index (κ2) is 5.76. The first-order chi connectivity index (χ1) is 8.32. The van der Waals surface area contributed by atoms with Gasteiger partial charge in [0.15, 0.2) is 11.6 Å². The van der Waals surface area contributed by atoms with Crippen molar-refractivity contribution in [2.45, 2.75) is 12.8 Å². The van der Waals surface area contributed by atoms with Gasteiger partial charge in [0.2, 0.25) is 10.0 Å². The number of hydrogen-bond donors (Lipinski definition) is 2. The maximum atomic E-state index is 13.2. The molecule has 0 radical (unpaired) electrons. The van der Waals surface area contributed by atoms with Crippen LogP contribution in [-0.4, -0.2) is 25.2 Å². The van der Waals surface area contributed by atoms with Crippen LogP contribution in [0, 0.1) is 11.6 Å². The van der Waals surface area contributed by atoms with Crippen LogP contribution in [0.25, 0.3) is 0 Å². The van der Waals surface area contributed by atoms with Crippen LogP contribution < -0.4 is 4.72 Å². The number of aliphatic carboxylic acids is 1. The summed E-state index contributed by atoms with van der Waals surface area (Å²) in [6, 6.07) is 3.10. The molecular formula is C10H11F2NO4S. The van der Waals surface area contributed by atoms with Crippen molar-refractivity contribution in [3.05, 3.63) is 29.8 Å². The van der Waals surface area contributed by atoms with E-state index in [2.05, 4.69) is 0 Å². The first-order valence-electron chi connectivity index (χ1n) is 4.98. The minimum absolute atomic E-state index is 0.110. The molecule has 0 aliphatic carbocycles. The van der Waals surface area contributed by atoms with Crippen molar-refractivity contribution in [2.24, 2.45) is 0 Å². The molecular weight excluding hydrogens is 268 g/mol. The molecule has 0 saturated heterocycles. The molecule has 100 valence electrons. The van der Waals surface area contributed by atoms with Gasteiger partial charge in [0.25, 0.3) is 0 Å². The molecule has 1 aromatic rings. The van der Waals surface area contributed by atoms with Crippen molar-refractivity contribution < 1.29 is 27.1 Å². The van der Waals surface area contributed by atoms with Crippen molar-refractivity contribution in [2.75, 3.05) is 10.5 Å². The molecule has 8 heteroatoms. The van der Waals surface area contributed by atoms with Crippen molar-refractivity contribution in [1.29, 1.82) is 0 Å². The van der Waals surface area contributed by atoms with Crippen LogP contribution in [0.5, 0.6) is 0 Å². The third-order valence-corrected chi connectivity index (χ3v) is 3.38. The summed E-state index contributed by atoms with van der Waals surface area (Å²) in [5, 5.41) is 8.36. The molecule has 18 heavy (non-hydrogen) atoms.